The normalized spacial score (nSPS) is 14.5. The van der Waals surface area contributed by atoms with Gasteiger partial charge >= 0.3 is 0 Å². The van der Waals surface area contributed by atoms with Crippen LogP contribution in [0.15, 0.2) is 48.7 Å². The topological polar surface area (TPSA) is 12.5 Å². The Hall–Kier alpha value is -1.82. The molecule has 22 heavy (non-hydrogen) atoms. The van der Waals surface area contributed by atoms with Gasteiger partial charge in [0.1, 0.15) is 17.5 Å². The largest absolute Gasteiger partial charge is 0.482 e. The van der Waals surface area contributed by atoms with Gasteiger partial charge in [-0.2, -0.15) is 0 Å². The fourth-order valence-corrected chi connectivity index (χ4v) is 2.40. The zero-order chi connectivity index (χ0) is 16.1. The molecule has 0 saturated carbocycles. The first kappa shape index (κ1) is 16.5. The molecule has 0 amide bonds. The fraction of sp³-hybridized carbons (Fsp3) is 0.250. The first-order valence-corrected chi connectivity index (χ1v) is 7.97. The van der Waals surface area contributed by atoms with Gasteiger partial charge in [-0.1, -0.05) is 18.7 Å². The van der Waals surface area contributed by atoms with Crippen LogP contribution in [0.1, 0.15) is 5.56 Å². The summed E-state index contributed by atoms with van der Waals surface area (Å²) in [5.74, 6) is 0.144. The molecule has 118 valence electrons. The molecule has 0 atom stereocenters. The zero-order valence-electron chi connectivity index (χ0n) is 12.1. The average molecular weight is 327 g/mol. The molecule has 0 aromatic heterocycles. The first-order chi connectivity index (χ1) is 10.5. The molecule has 0 N–H and O–H groups in total. The van der Waals surface area contributed by atoms with Crippen LogP contribution in [0.2, 0.25) is 0 Å². The third-order valence-electron chi connectivity index (χ3n) is 3.06. The number of nitrogens with zero attached hydrogens (tertiary/aromatic N) is 1. The first-order valence-electron chi connectivity index (χ1n) is 6.58. The Kier molecular flexibility index (Phi) is 5.60. The molecular weight excluding hydrogens is 311 g/mol. The van der Waals surface area contributed by atoms with E-state index in [2.05, 4.69) is 6.58 Å². The maximum absolute atomic E-state index is 14.3. The summed E-state index contributed by atoms with van der Waals surface area (Å²) < 4.78 is 45.5. The molecule has 1 aliphatic rings. The van der Waals surface area contributed by atoms with Gasteiger partial charge in [0.2, 0.25) is 0 Å². The minimum Gasteiger partial charge on any atom is -0.482 e. The van der Waals surface area contributed by atoms with Crippen molar-refractivity contribution >= 4 is 17.5 Å². The molecule has 1 heterocycles. The molecule has 2 nitrogen and oxygen atoms in total. The third kappa shape index (κ3) is 3.68. The predicted molar refractivity (Wildman–Crippen MR) is 84.4 cm³/mol. The lowest BCUT2D eigenvalue weighted by molar-refractivity contribution is 0.123. The quantitative estimate of drug-likeness (QED) is 0.713. The van der Waals surface area contributed by atoms with Crippen molar-refractivity contribution in [1.82, 2.24) is 4.90 Å². The van der Waals surface area contributed by atoms with Crippen molar-refractivity contribution in [3.05, 3.63) is 60.1 Å². The van der Waals surface area contributed by atoms with Gasteiger partial charge in [-0.05, 0) is 30.5 Å². The van der Waals surface area contributed by atoms with Crippen LogP contribution in [0.3, 0.4) is 0 Å². The Morgan fingerprint density at radius 2 is 2.14 bits per heavy atom. The van der Waals surface area contributed by atoms with Gasteiger partial charge in [-0.3, -0.25) is 0 Å². The van der Waals surface area contributed by atoms with Gasteiger partial charge in [-0.25, -0.2) is 13.2 Å². The van der Waals surface area contributed by atoms with Crippen LogP contribution in [-0.4, -0.2) is 30.1 Å². The Balaban J connectivity index is 2.45. The van der Waals surface area contributed by atoms with E-state index in [4.69, 9.17) is 4.74 Å². The Labute approximate surface area is 131 Å². The fourth-order valence-electron chi connectivity index (χ4n) is 2.15. The summed E-state index contributed by atoms with van der Waals surface area (Å²) in [7, 11) is 0. The van der Waals surface area contributed by atoms with Crippen LogP contribution in [0, 0.1) is 5.82 Å². The Morgan fingerprint density at radius 1 is 1.36 bits per heavy atom. The van der Waals surface area contributed by atoms with Crippen molar-refractivity contribution in [2.45, 2.75) is 6.43 Å². The molecule has 1 aromatic rings. The van der Waals surface area contributed by atoms with Gasteiger partial charge in [0.05, 0.1) is 17.8 Å². The smallest absolute Gasteiger partial charge is 0.256 e. The molecule has 0 saturated heterocycles. The van der Waals surface area contributed by atoms with Crippen molar-refractivity contribution in [1.29, 1.82) is 0 Å². The highest BCUT2D eigenvalue weighted by atomic mass is 32.2. The van der Waals surface area contributed by atoms with E-state index >= 15 is 0 Å². The molecule has 6 heteroatoms. The van der Waals surface area contributed by atoms with Crippen LogP contribution in [-0.2, 0) is 0 Å². The number of benzene rings is 1. The molecular formula is C16H16F3NOS. The van der Waals surface area contributed by atoms with E-state index in [-0.39, 0.29) is 5.56 Å². The molecule has 1 aliphatic heterocycles. The van der Waals surface area contributed by atoms with Crippen molar-refractivity contribution in [2.75, 3.05) is 18.7 Å². The SMILES string of the molecule is C=C1C=CC=C(c2c(F)cccc2OCSC)N1CC(F)F. The van der Waals surface area contributed by atoms with Crippen molar-refractivity contribution in [3.63, 3.8) is 0 Å². The van der Waals surface area contributed by atoms with Gasteiger partial charge in [0.25, 0.3) is 6.43 Å². The van der Waals surface area contributed by atoms with Gasteiger partial charge in [0, 0.05) is 5.70 Å². The van der Waals surface area contributed by atoms with Crippen molar-refractivity contribution in [3.8, 4) is 5.75 Å². The highest BCUT2D eigenvalue weighted by molar-refractivity contribution is 7.98. The average Bonchev–Trinajstić information content (AvgIpc) is 2.47. The molecule has 0 spiro atoms. The van der Waals surface area contributed by atoms with Crippen LogP contribution in [0.5, 0.6) is 5.75 Å². The zero-order valence-corrected chi connectivity index (χ0v) is 12.9. The van der Waals surface area contributed by atoms with Crippen LogP contribution in [0.25, 0.3) is 5.70 Å². The molecule has 1 aromatic carbocycles. The predicted octanol–water partition coefficient (Wildman–Crippen LogP) is 4.52. The number of hydrogen-bond donors (Lipinski definition) is 0. The van der Waals surface area contributed by atoms with Crippen molar-refractivity contribution in [2.24, 2.45) is 0 Å². The highest BCUT2D eigenvalue weighted by Crippen LogP contribution is 2.35. The Bertz CT molecular complexity index is 613. The number of thioether (sulfide) groups is 1. The maximum Gasteiger partial charge on any atom is 0.256 e. The van der Waals surface area contributed by atoms with E-state index in [9.17, 15) is 13.2 Å². The molecule has 0 fully saturated rings. The second kappa shape index (κ2) is 7.45. The van der Waals surface area contributed by atoms with Gasteiger partial charge < -0.3 is 9.64 Å². The van der Waals surface area contributed by atoms with E-state index in [1.807, 2.05) is 6.26 Å². The number of ether oxygens (including phenoxy) is 1. The molecule has 0 aliphatic carbocycles. The van der Waals surface area contributed by atoms with E-state index in [1.54, 1.807) is 24.3 Å². The lowest BCUT2D eigenvalue weighted by Gasteiger charge is -2.30. The minimum atomic E-state index is -2.56. The number of alkyl halides is 2. The second-order valence-corrected chi connectivity index (χ2v) is 5.38. The van der Waals surface area contributed by atoms with Gasteiger partial charge in [0.15, 0.2) is 0 Å². The lowest BCUT2D eigenvalue weighted by atomic mass is 10.0. The third-order valence-corrected chi connectivity index (χ3v) is 3.42. The van der Waals surface area contributed by atoms with Crippen LogP contribution in [0.4, 0.5) is 13.2 Å². The number of allylic oxidation sites excluding steroid dienone is 3. The summed E-state index contributed by atoms with van der Waals surface area (Å²) in [6.07, 6.45) is 4.14. The lowest BCUT2D eigenvalue weighted by Crippen LogP contribution is -2.28. The summed E-state index contributed by atoms with van der Waals surface area (Å²) in [6.45, 7) is 3.19. The summed E-state index contributed by atoms with van der Waals surface area (Å²) >= 11 is 1.44. The number of hydrogen-bond acceptors (Lipinski definition) is 3. The van der Waals surface area contributed by atoms with E-state index in [0.29, 0.717) is 23.1 Å². The molecule has 0 unspecified atom stereocenters. The molecule has 0 radical (unpaired) electrons. The summed E-state index contributed by atoms with van der Waals surface area (Å²) in [6, 6.07) is 4.43. The Morgan fingerprint density at radius 3 is 2.82 bits per heavy atom. The number of halogens is 3. The maximum atomic E-state index is 14.3. The standard InChI is InChI=1S/C16H16F3NOS/c1-11-5-3-7-13(20(11)9-15(18)19)16-12(17)6-4-8-14(16)21-10-22-2/h3-8,15H,1,9-10H2,2H3. The van der Waals surface area contributed by atoms with Crippen LogP contribution >= 0.6 is 11.8 Å². The second-order valence-electron chi connectivity index (χ2n) is 4.57. The summed E-state index contributed by atoms with van der Waals surface area (Å²) in [5, 5.41) is 0. The molecule has 2 rings (SSSR count). The minimum absolute atomic E-state index is 0.169. The monoisotopic (exact) mass is 327 g/mol. The van der Waals surface area contributed by atoms with Gasteiger partial charge in [-0.15, -0.1) is 11.8 Å². The number of rotatable bonds is 6. The highest BCUT2D eigenvalue weighted by Gasteiger charge is 2.24. The van der Waals surface area contributed by atoms with Crippen molar-refractivity contribution < 1.29 is 17.9 Å². The van der Waals surface area contributed by atoms with E-state index in [0.717, 1.165) is 0 Å². The summed E-state index contributed by atoms with van der Waals surface area (Å²) in [5.41, 5.74) is 0.876. The van der Waals surface area contributed by atoms with Crippen LogP contribution < -0.4 is 4.74 Å². The summed E-state index contributed by atoms with van der Waals surface area (Å²) in [4.78, 5) is 1.30. The van der Waals surface area contributed by atoms with E-state index < -0.39 is 18.8 Å². The molecule has 0 bridgehead atoms. The van der Waals surface area contributed by atoms with E-state index in [1.165, 1.54) is 28.8 Å².